The molecule has 7 heteroatoms. The molecule has 1 aromatic carbocycles. The van der Waals surface area contributed by atoms with Gasteiger partial charge < -0.3 is 10.1 Å². The lowest BCUT2D eigenvalue weighted by atomic mass is 10.2. The van der Waals surface area contributed by atoms with Gasteiger partial charge in [-0.1, -0.05) is 30.3 Å². The van der Waals surface area contributed by atoms with E-state index in [1.807, 2.05) is 30.3 Å². The van der Waals surface area contributed by atoms with E-state index in [0.29, 0.717) is 6.54 Å². The molecule has 0 aliphatic heterocycles. The summed E-state index contributed by atoms with van der Waals surface area (Å²) in [6.45, 7) is 1.82. The van der Waals surface area contributed by atoms with E-state index in [9.17, 15) is 14.4 Å². The number of carbonyl (C=O) groups excluding carboxylic acids is 2. The van der Waals surface area contributed by atoms with Crippen LogP contribution in [-0.2, 0) is 23.1 Å². The van der Waals surface area contributed by atoms with Crippen molar-refractivity contribution in [3.63, 3.8) is 0 Å². The van der Waals surface area contributed by atoms with Crippen LogP contribution in [0.3, 0.4) is 0 Å². The molecule has 0 saturated heterocycles. The summed E-state index contributed by atoms with van der Waals surface area (Å²) in [5.74, 6) is -1.17. The zero-order chi connectivity index (χ0) is 16.8. The fourth-order valence-corrected chi connectivity index (χ4v) is 1.81. The lowest BCUT2D eigenvalue weighted by Gasteiger charge is -2.13. The second-order valence-corrected chi connectivity index (χ2v) is 4.93. The molecule has 1 amide bonds. The quantitative estimate of drug-likeness (QED) is 0.818. The van der Waals surface area contributed by atoms with Gasteiger partial charge in [-0.05, 0) is 18.6 Å². The number of ether oxygens (including phenoxy) is 1. The molecule has 0 radical (unpaired) electrons. The first kappa shape index (κ1) is 16.4. The Morgan fingerprint density at radius 3 is 2.57 bits per heavy atom. The van der Waals surface area contributed by atoms with Crippen LogP contribution in [0.15, 0.2) is 47.3 Å². The van der Waals surface area contributed by atoms with Crippen molar-refractivity contribution in [3.05, 3.63) is 64.1 Å². The molecule has 0 saturated carbocycles. The first-order chi connectivity index (χ1) is 11.0. The van der Waals surface area contributed by atoms with Gasteiger partial charge in [0.05, 0.1) is 0 Å². The van der Waals surface area contributed by atoms with Gasteiger partial charge >= 0.3 is 5.97 Å². The molecule has 120 valence electrons. The summed E-state index contributed by atoms with van der Waals surface area (Å²) in [7, 11) is 1.43. The highest BCUT2D eigenvalue weighted by Gasteiger charge is 2.19. The second-order valence-electron chi connectivity index (χ2n) is 4.93. The minimum atomic E-state index is -0.967. The van der Waals surface area contributed by atoms with Crippen LogP contribution in [0.25, 0.3) is 0 Å². The van der Waals surface area contributed by atoms with E-state index in [-0.39, 0.29) is 11.3 Å². The highest BCUT2D eigenvalue weighted by Crippen LogP contribution is 2.01. The summed E-state index contributed by atoms with van der Waals surface area (Å²) in [4.78, 5) is 35.1. The van der Waals surface area contributed by atoms with Gasteiger partial charge in [-0.15, -0.1) is 0 Å². The first-order valence-corrected chi connectivity index (χ1v) is 7.04. The highest BCUT2D eigenvalue weighted by molar-refractivity contribution is 5.90. The van der Waals surface area contributed by atoms with Crippen molar-refractivity contribution in [1.29, 1.82) is 0 Å². The summed E-state index contributed by atoms with van der Waals surface area (Å²) in [5, 5.41) is 6.46. The number of nitrogens with zero attached hydrogens (tertiary/aromatic N) is 2. The van der Waals surface area contributed by atoms with Crippen LogP contribution >= 0.6 is 0 Å². The Balaban J connectivity index is 1.91. The summed E-state index contributed by atoms with van der Waals surface area (Å²) < 4.78 is 6.08. The maximum Gasteiger partial charge on any atom is 0.359 e. The van der Waals surface area contributed by atoms with Gasteiger partial charge in [0, 0.05) is 19.7 Å². The first-order valence-electron chi connectivity index (χ1n) is 7.04. The molecule has 23 heavy (non-hydrogen) atoms. The van der Waals surface area contributed by atoms with Gasteiger partial charge in [0.1, 0.15) is 0 Å². The van der Waals surface area contributed by atoms with E-state index in [1.54, 1.807) is 0 Å². The van der Waals surface area contributed by atoms with Crippen molar-refractivity contribution in [2.24, 2.45) is 7.05 Å². The van der Waals surface area contributed by atoms with Crippen molar-refractivity contribution in [3.8, 4) is 0 Å². The SMILES string of the molecule is CC(OC(=O)c1ccc(=O)n(C)n1)C(=O)NCc1ccccc1. The molecule has 0 aliphatic carbocycles. The predicted octanol–water partition coefficient (Wildman–Crippen LogP) is 0.642. The number of carbonyl (C=O) groups is 2. The molecule has 7 nitrogen and oxygen atoms in total. The number of aryl methyl sites for hydroxylation is 1. The predicted molar refractivity (Wildman–Crippen MR) is 82.6 cm³/mol. The third-order valence-electron chi connectivity index (χ3n) is 3.13. The van der Waals surface area contributed by atoms with Crippen LogP contribution in [0.2, 0.25) is 0 Å². The van der Waals surface area contributed by atoms with Gasteiger partial charge in [0.15, 0.2) is 11.8 Å². The average molecular weight is 315 g/mol. The number of rotatable bonds is 5. The van der Waals surface area contributed by atoms with Crippen LogP contribution in [0.5, 0.6) is 0 Å². The number of amides is 1. The maximum absolute atomic E-state index is 11.9. The standard InChI is InChI=1S/C16H17N3O4/c1-11(15(21)17-10-12-6-4-3-5-7-12)23-16(22)13-8-9-14(20)19(2)18-13/h3-9,11H,10H2,1-2H3,(H,17,21). The molecule has 1 atom stereocenters. The molecule has 0 aliphatic rings. The molecule has 1 heterocycles. The molecule has 0 bridgehead atoms. The fraction of sp³-hybridized carbons (Fsp3) is 0.250. The summed E-state index contributed by atoms with van der Waals surface area (Å²) in [6, 6.07) is 11.9. The van der Waals surface area contributed by atoms with Crippen molar-refractivity contribution >= 4 is 11.9 Å². The van der Waals surface area contributed by atoms with Gasteiger partial charge in [-0.3, -0.25) is 9.59 Å². The van der Waals surface area contributed by atoms with Crippen LogP contribution in [-0.4, -0.2) is 27.8 Å². The number of hydrogen-bond donors (Lipinski definition) is 1. The molecule has 0 fully saturated rings. The molecule has 1 unspecified atom stereocenters. The van der Waals surface area contributed by atoms with Crippen molar-refractivity contribution in [1.82, 2.24) is 15.1 Å². The molecule has 2 aromatic rings. The van der Waals surface area contributed by atoms with E-state index in [4.69, 9.17) is 4.74 Å². The minimum Gasteiger partial charge on any atom is -0.448 e. The van der Waals surface area contributed by atoms with Crippen molar-refractivity contribution in [2.45, 2.75) is 19.6 Å². The Kier molecular flexibility index (Phi) is 5.24. The number of aromatic nitrogens is 2. The monoisotopic (exact) mass is 315 g/mol. The topological polar surface area (TPSA) is 90.3 Å². The molecular formula is C16H17N3O4. The number of benzene rings is 1. The van der Waals surface area contributed by atoms with Crippen LogP contribution in [0, 0.1) is 0 Å². The molecule has 2 rings (SSSR count). The minimum absolute atomic E-state index is 0.0326. The van der Waals surface area contributed by atoms with E-state index in [2.05, 4.69) is 10.4 Å². The Morgan fingerprint density at radius 1 is 1.22 bits per heavy atom. The summed E-state index contributed by atoms with van der Waals surface area (Å²) in [5.41, 5.74) is 0.573. The maximum atomic E-state index is 11.9. The normalized spacial score (nSPS) is 11.6. The Morgan fingerprint density at radius 2 is 1.91 bits per heavy atom. The van der Waals surface area contributed by atoms with Crippen LogP contribution < -0.4 is 10.9 Å². The lowest BCUT2D eigenvalue weighted by molar-refractivity contribution is -0.129. The Labute approximate surface area is 132 Å². The van der Waals surface area contributed by atoms with Crippen molar-refractivity contribution in [2.75, 3.05) is 0 Å². The van der Waals surface area contributed by atoms with Crippen LogP contribution in [0.4, 0.5) is 0 Å². The third kappa shape index (κ3) is 4.50. The van der Waals surface area contributed by atoms with E-state index < -0.39 is 18.0 Å². The highest BCUT2D eigenvalue weighted by atomic mass is 16.5. The molecule has 1 N–H and O–H groups in total. The van der Waals surface area contributed by atoms with E-state index in [0.717, 1.165) is 10.2 Å². The largest absolute Gasteiger partial charge is 0.448 e. The summed E-state index contributed by atoms with van der Waals surface area (Å²) in [6.07, 6.45) is -0.967. The second kappa shape index (κ2) is 7.35. The average Bonchev–Trinajstić information content (AvgIpc) is 2.55. The lowest BCUT2D eigenvalue weighted by Crippen LogP contribution is -2.36. The van der Waals surface area contributed by atoms with Gasteiger partial charge in [0.2, 0.25) is 0 Å². The smallest absolute Gasteiger partial charge is 0.359 e. The molecule has 0 spiro atoms. The van der Waals surface area contributed by atoms with Gasteiger partial charge in [-0.2, -0.15) is 5.10 Å². The van der Waals surface area contributed by atoms with Gasteiger partial charge in [-0.25, -0.2) is 9.48 Å². The van der Waals surface area contributed by atoms with E-state index >= 15 is 0 Å². The van der Waals surface area contributed by atoms with E-state index in [1.165, 1.54) is 26.1 Å². The van der Waals surface area contributed by atoms with Crippen molar-refractivity contribution < 1.29 is 14.3 Å². The zero-order valence-corrected chi connectivity index (χ0v) is 12.9. The number of hydrogen-bond acceptors (Lipinski definition) is 5. The summed E-state index contributed by atoms with van der Waals surface area (Å²) >= 11 is 0. The number of esters is 1. The van der Waals surface area contributed by atoms with Gasteiger partial charge in [0.25, 0.3) is 11.5 Å². The fourth-order valence-electron chi connectivity index (χ4n) is 1.81. The number of nitrogens with one attached hydrogen (secondary N) is 1. The van der Waals surface area contributed by atoms with Crippen LogP contribution in [0.1, 0.15) is 23.0 Å². The third-order valence-corrected chi connectivity index (χ3v) is 3.13. The Hall–Kier alpha value is -2.96. The molecule has 1 aromatic heterocycles. The zero-order valence-electron chi connectivity index (χ0n) is 12.9. The Bertz CT molecular complexity index is 755. The molecular weight excluding hydrogens is 298 g/mol.